The zero-order valence-electron chi connectivity index (χ0n) is 29.9. The molecule has 0 aliphatic heterocycles. The van der Waals surface area contributed by atoms with Gasteiger partial charge in [-0.2, -0.15) is 0 Å². The van der Waals surface area contributed by atoms with Gasteiger partial charge in [-0.1, -0.05) is 94.8 Å². The van der Waals surface area contributed by atoms with Gasteiger partial charge in [0.15, 0.2) is 0 Å². The van der Waals surface area contributed by atoms with E-state index in [-0.39, 0.29) is 0 Å². The Morgan fingerprint density at radius 1 is 0.545 bits per heavy atom. The van der Waals surface area contributed by atoms with Crippen molar-refractivity contribution in [2.45, 2.75) is 6.92 Å². The number of para-hydroxylation sites is 4. The van der Waals surface area contributed by atoms with E-state index in [9.17, 15) is 0 Å². The highest BCUT2D eigenvalue weighted by Crippen LogP contribution is 2.37. The molecule has 0 amide bonds. The lowest BCUT2D eigenvalue weighted by Crippen LogP contribution is -1.99. The summed E-state index contributed by atoms with van der Waals surface area (Å²) in [4.78, 5) is 5.02. The second-order valence-corrected chi connectivity index (χ2v) is 14.3. The largest absolute Gasteiger partial charge is 0.457 e. The molecule has 2 aromatic heterocycles. The first-order valence-electron chi connectivity index (χ1n) is 18.0. The minimum atomic E-state index is 0.702. The molecule has 9 rings (SSSR count). The van der Waals surface area contributed by atoms with Crippen molar-refractivity contribution in [2.75, 3.05) is 11.1 Å². The number of hydrogen-bond acceptors (Lipinski definition) is 5. The maximum absolute atomic E-state index is 6.27. The molecule has 0 aliphatic rings. The van der Waals surface area contributed by atoms with E-state index < -0.39 is 0 Å². The third-order valence-electron chi connectivity index (χ3n) is 9.73. The summed E-state index contributed by atoms with van der Waals surface area (Å²) in [5, 5.41) is 5.79. The Morgan fingerprint density at radius 3 is 1.91 bits per heavy atom. The number of halogens is 1. The van der Waals surface area contributed by atoms with Gasteiger partial charge in [-0.3, -0.25) is 4.57 Å². The molecule has 0 fully saturated rings. The molecule has 266 valence electrons. The molecule has 0 atom stereocenters. The Hall–Kier alpha value is -6.83. The number of nitrogens with two attached hydrogens (primary N) is 1. The number of anilines is 3. The number of nitrogen functional groups attached to an aromatic ring is 1. The van der Waals surface area contributed by atoms with E-state index in [2.05, 4.69) is 112 Å². The number of nitrogens with one attached hydrogen (secondary N) is 1. The number of aryl methyl sites for hydroxylation is 1. The molecule has 0 unspecified atom stereocenters. The van der Waals surface area contributed by atoms with E-state index >= 15 is 0 Å². The summed E-state index contributed by atoms with van der Waals surface area (Å²) >= 11 is 3.54. The van der Waals surface area contributed by atoms with Crippen LogP contribution in [-0.2, 0) is 0 Å². The Morgan fingerprint density at radius 2 is 1.16 bits per heavy atom. The molecule has 0 aliphatic carbocycles. The van der Waals surface area contributed by atoms with Crippen molar-refractivity contribution in [1.82, 2.24) is 9.55 Å². The molecule has 9 aromatic rings. The Bertz CT molecular complexity index is 2830. The van der Waals surface area contributed by atoms with Crippen LogP contribution in [0.2, 0.25) is 0 Å². The zero-order chi connectivity index (χ0) is 37.3. The first-order valence-corrected chi connectivity index (χ1v) is 18.8. The lowest BCUT2D eigenvalue weighted by molar-refractivity contribution is 0.482. The fourth-order valence-corrected chi connectivity index (χ4v) is 7.41. The van der Waals surface area contributed by atoms with Crippen molar-refractivity contribution >= 4 is 54.8 Å². The normalized spacial score (nSPS) is 11.2. The summed E-state index contributed by atoms with van der Waals surface area (Å²) < 4.78 is 15.7. The Labute approximate surface area is 327 Å². The molecule has 7 heteroatoms. The standard InChI is InChI=1S/C48H35BrN4O2/c1-31-27-48(53-46-16-7-3-12-40(46)41-26-25-38(29-47(41)53)55-37-10-8-9-34(49)28-37)51-30-42(31)33-19-23-36(24-20-33)54-35-21-17-32(18-22-35)39-11-2-5-14-44(39)52-45-15-6-4-13-43(45)50/h2-30,52H,50H2,1H3. The van der Waals surface area contributed by atoms with Crippen LogP contribution in [0.3, 0.4) is 0 Å². The van der Waals surface area contributed by atoms with Crippen molar-refractivity contribution in [3.63, 3.8) is 0 Å². The molecular formula is C48H35BrN4O2. The summed E-state index contributed by atoms with van der Waals surface area (Å²) in [6.07, 6.45) is 1.96. The number of hydrogen-bond donors (Lipinski definition) is 2. The summed E-state index contributed by atoms with van der Waals surface area (Å²) in [5.41, 5.74) is 16.3. The maximum atomic E-state index is 6.27. The van der Waals surface area contributed by atoms with Crippen LogP contribution >= 0.6 is 15.9 Å². The van der Waals surface area contributed by atoms with Gasteiger partial charge in [0.2, 0.25) is 0 Å². The predicted molar refractivity (Wildman–Crippen MR) is 229 cm³/mol. The highest BCUT2D eigenvalue weighted by molar-refractivity contribution is 9.10. The highest BCUT2D eigenvalue weighted by atomic mass is 79.9. The molecule has 7 aromatic carbocycles. The van der Waals surface area contributed by atoms with Crippen molar-refractivity contribution < 1.29 is 9.47 Å². The number of fused-ring (bicyclic) bond motifs is 3. The topological polar surface area (TPSA) is 74.3 Å². The molecule has 3 N–H and O–H groups in total. The van der Waals surface area contributed by atoms with E-state index in [1.165, 1.54) is 0 Å². The average Bonchev–Trinajstić information content (AvgIpc) is 3.53. The SMILES string of the molecule is Cc1cc(-n2c3ccccc3c3ccc(Oc4cccc(Br)c4)cc32)ncc1-c1ccc(Oc2ccc(-c3ccccc3Nc3ccccc3N)cc2)cc1. The zero-order valence-corrected chi connectivity index (χ0v) is 31.5. The summed E-state index contributed by atoms with van der Waals surface area (Å²) in [5.74, 6) is 3.88. The quantitative estimate of drug-likeness (QED) is 0.143. The Balaban J connectivity index is 0.948. The van der Waals surface area contributed by atoms with Crippen molar-refractivity contribution in [3.8, 4) is 51.1 Å². The van der Waals surface area contributed by atoms with E-state index in [4.69, 9.17) is 20.2 Å². The van der Waals surface area contributed by atoms with Crippen LogP contribution in [0.5, 0.6) is 23.0 Å². The monoisotopic (exact) mass is 778 g/mol. The van der Waals surface area contributed by atoms with Crippen LogP contribution in [-0.4, -0.2) is 9.55 Å². The lowest BCUT2D eigenvalue weighted by Gasteiger charge is -2.14. The van der Waals surface area contributed by atoms with E-state index in [1.807, 2.05) is 97.2 Å². The van der Waals surface area contributed by atoms with Crippen LogP contribution in [0.1, 0.15) is 5.56 Å². The van der Waals surface area contributed by atoms with Crippen molar-refractivity contribution in [3.05, 3.63) is 186 Å². The maximum Gasteiger partial charge on any atom is 0.137 e. The van der Waals surface area contributed by atoms with Crippen LogP contribution in [0.15, 0.2) is 181 Å². The third kappa shape index (κ3) is 6.89. The smallest absolute Gasteiger partial charge is 0.137 e. The number of aromatic nitrogens is 2. The molecular weight excluding hydrogens is 744 g/mol. The molecule has 0 bridgehead atoms. The minimum absolute atomic E-state index is 0.702. The van der Waals surface area contributed by atoms with Gasteiger partial charge >= 0.3 is 0 Å². The van der Waals surface area contributed by atoms with Gasteiger partial charge in [-0.25, -0.2) is 4.98 Å². The number of benzene rings is 7. The highest BCUT2D eigenvalue weighted by Gasteiger charge is 2.16. The van der Waals surface area contributed by atoms with Crippen LogP contribution in [0, 0.1) is 6.92 Å². The molecule has 55 heavy (non-hydrogen) atoms. The molecule has 0 saturated carbocycles. The molecule has 0 radical (unpaired) electrons. The fraction of sp³-hybridized carbons (Fsp3) is 0.0208. The second-order valence-electron chi connectivity index (χ2n) is 13.4. The fourth-order valence-electron chi connectivity index (χ4n) is 7.03. The Kier molecular flexibility index (Phi) is 8.98. The molecule has 0 spiro atoms. The van der Waals surface area contributed by atoms with Gasteiger partial charge < -0.3 is 20.5 Å². The van der Waals surface area contributed by atoms with E-state index in [1.54, 1.807) is 0 Å². The van der Waals surface area contributed by atoms with Crippen LogP contribution < -0.4 is 20.5 Å². The van der Waals surface area contributed by atoms with Gasteiger partial charge in [0.1, 0.15) is 28.8 Å². The number of ether oxygens (including phenoxy) is 2. The van der Waals surface area contributed by atoms with Gasteiger partial charge in [-0.15, -0.1) is 0 Å². The van der Waals surface area contributed by atoms with Gasteiger partial charge in [0.05, 0.1) is 22.4 Å². The minimum Gasteiger partial charge on any atom is -0.457 e. The van der Waals surface area contributed by atoms with Crippen LogP contribution in [0.25, 0.3) is 49.9 Å². The number of pyridine rings is 1. The van der Waals surface area contributed by atoms with Crippen LogP contribution in [0.4, 0.5) is 17.1 Å². The summed E-state index contributed by atoms with van der Waals surface area (Å²) in [7, 11) is 0. The molecule has 2 heterocycles. The summed E-state index contributed by atoms with van der Waals surface area (Å²) in [6, 6.07) is 57.0. The molecule has 6 nitrogen and oxygen atoms in total. The van der Waals surface area contributed by atoms with Gasteiger partial charge in [-0.05, 0) is 109 Å². The first kappa shape index (κ1) is 34.0. The molecule has 0 saturated heterocycles. The average molecular weight is 780 g/mol. The second kappa shape index (κ2) is 14.5. The van der Waals surface area contributed by atoms with E-state index in [0.29, 0.717) is 5.69 Å². The third-order valence-corrected chi connectivity index (χ3v) is 10.2. The van der Waals surface area contributed by atoms with Crippen molar-refractivity contribution in [2.24, 2.45) is 0 Å². The predicted octanol–water partition coefficient (Wildman–Crippen LogP) is 13.5. The first-order chi connectivity index (χ1) is 27.0. The summed E-state index contributed by atoms with van der Waals surface area (Å²) in [6.45, 7) is 2.13. The van der Waals surface area contributed by atoms with Gasteiger partial charge in [0, 0.05) is 44.3 Å². The van der Waals surface area contributed by atoms with Gasteiger partial charge in [0.25, 0.3) is 0 Å². The van der Waals surface area contributed by atoms with Crippen molar-refractivity contribution in [1.29, 1.82) is 0 Å². The van der Waals surface area contributed by atoms with E-state index in [0.717, 1.165) is 94.3 Å². The lowest BCUT2D eigenvalue weighted by atomic mass is 10.0. The number of rotatable bonds is 9. The number of nitrogens with zero attached hydrogens (tertiary/aromatic N) is 2.